The Morgan fingerprint density at radius 3 is 2.33 bits per heavy atom. The highest BCUT2D eigenvalue weighted by molar-refractivity contribution is 5.35. The quantitative estimate of drug-likeness (QED) is 0.870. The van der Waals surface area contributed by atoms with E-state index in [2.05, 4.69) is 10.2 Å². The summed E-state index contributed by atoms with van der Waals surface area (Å²) in [4.78, 5) is 23.8. The molecular formula is C14H16N4O3. The Bertz CT molecular complexity index is 790. The summed E-state index contributed by atoms with van der Waals surface area (Å²) in [6, 6.07) is 8.38. The molecular weight excluding hydrogens is 272 g/mol. The van der Waals surface area contributed by atoms with Gasteiger partial charge in [0.2, 0.25) is 5.88 Å². The van der Waals surface area contributed by atoms with Gasteiger partial charge in [-0.25, -0.2) is 4.79 Å². The third kappa shape index (κ3) is 2.76. The predicted molar refractivity (Wildman–Crippen MR) is 78.0 cm³/mol. The Morgan fingerprint density at radius 1 is 1.10 bits per heavy atom. The molecule has 0 fully saturated rings. The summed E-state index contributed by atoms with van der Waals surface area (Å²) in [5.74, 6) is -0.386. The van der Waals surface area contributed by atoms with Crippen molar-refractivity contribution >= 4 is 5.69 Å². The summed E-state index contributed by atoms with van der Waals surface area (Å²) in [7, 11) is 2.75. The van der Waals surface area contributed by atoms with Gasteiger partial charge in [-0.05, 0) is 19.1 Å². The molecule has 1 N–H and O–H groups in total. The van der Waals surface area contributed by atoms with Crippen molar-refractivity contribution in [2.75, 3.05) is 0 Å². The lowest BCUT2D eigenvalue weighted by Crippen LogP contribution is -2.39. The van der Waals surface area contributed by atoms with Gasteiger partial charge in [-0.1, -0.05) is 18.2 Å². The molecule has 110 valence electrons. The number of aromatic hydroxyl groups is 1. The zero-order chi connectivity index (χ0) is 15.6. The van der Waals surface area contributed by atoms with Gasteiger partial charge in [0.05, 0.1) is 5.69 Å². The van der Waals surface area contributed by atoms with Gasteiger partial charge in [0, 0.05) is 14.1 Å². The van der Waals surface area contributed by atoms with Crippen LogP contribution in [0.5, 0.6) is 5.88 Å². The maximum Gasteiger partial charge on any atom is 0.333 e. The number of nitrogens with zero attached hydrogens (tertiary/aromatic N) is 4. The first-order valence-electron chi connectivity index (χ1n) is 6.38. The Hall–Kier alpha value is -2.70. The lowest BCUT2D eigenvalue weighted by Gasteiger charge is -2.12. The molecule has 0 saturated carbocycles. The molecule has 0 aliphatic carbocycles. The molecule has 7 nitrogen and oxygen atoms in total. The third-order valence-corrected chi connectivity index (χ3v) is 3.19. The van der Waals surface area contributed by atoms with Crippen molar-refractivity contribution in [2.45, 2.75) is 13.0 Å². The van der Waals surface area contributed by atoms with Crippen LogP contribution in [0.4, 0.5) is 5.69 Å². The van der Waals surface area contributed by atoms with Gasteiger partial charge < -0.3 is 5.11 Å². The number of rotatable bonds is 3. The fourth-order valence-electron chi connectivity index (χ4n) is 1.93. The molecule has 0 amide bonds. The molecule has 21 heavy (non-hydrogen) atoms. The summed E-state index contributed by atoms with van der Waals surface area (Å²) >= 11 is 0. The van der Waals surface area contributed by atoms with E-state index in [-0.39, 0.29) is 11.4 Å². The van der Waals surface area contributed by atoms with Crippen molar-refractivity contribution in [2.24, 2.45) is 24.3 Å². The van der Waals surface area contributed by atoms with Crippen LogP contribution in [0.2, 0.25) is 0 Å². The number of hydrogen-bond donors (Lipinski definition) is 1. The van der Waals surface area contributed by atoms with E-state index < -0.39 is 17.3 Å². The van der Waals surface area contributed by atoms with E-state index in [0.717, 1.165) is 9.13 Å². The highest BCUT2D eigenvalue weighted by Crippen LogP contribution is 2.23. The van der Waals surface area contributed by atoms with Gasteiger partial charge >= 0.3 is 5.69 Å². The Balaban J connectivity index is 2.45. The molecule has 7 heteroatoms. The minimum absolute atomic E-state index is 0.0410. The zero-order valence-corrected chi connectivity index (χ0v) is 12.0. The average molecular weight is 288 g/mol. The summed E-state index contributed by atoms with van der Waals surface area (Å²) in [5.41, 5.74) is -0.478. The topological polar surface area (TPSA) is 88.9 Å². The minimum atomic E-state index is -0.671. The maximum atomic E-state index is 12.1. The molecule has 2 aromatic rings. The molecule has 1 atom stereocenters. The maximum absolute atomic E-state index is 12.1. The van der Waals surface area contributed by atoms with Crippen LogP contribution in [0.25, 0.3) is 0 Å². The number of hydrogen-bond acceptors (Lipinski definition) is 5. The number of azo groups is 1. The van der Waals surface area contributed by atoms with Crippen molar-refractivity contribution < 1.29 is 5.11 Å². The van der Waals surface area contributed by atoms with Gasteiger partial charge in [-0.15, -0.1) is 0 Å². The number of benzene rings is 1. The van der Waals surface area contributed by atoms with Crippen molar-refractivity contribution in [3.63, 3.8) is 0 Å². The number of aromatic nitrogens is 2. The van der Waals surface area contributed by atoms with E-state index >= 15 is 0 Å². The lowest BCUT2D eigenvalue weighted by molar-refractivity contribution is 0.397. The first kappa shape index (κ1) is 14.7. The smallest absolute Gasteiger partial charge is 0.333 e. The molecule has 0 bridgehead atoms. The average Bonchev–Trinajstić information content (AvgIpc) is 2.50. The first-order chi connectivity index (χ1) is 9.93. The first-order valence-corrected chi connectivity index (χ1v) is 6.38. The molecule has 2 rings (SSSR count). The van der Waals surface area contributed by atoms with Crippen molar-refractivity contribution in [1.82, 2.24) is 9.13 Å². The monoisotopic (exact) mass is 288 g/mol. The van der Waals surface area contributed by atoms with E-state index in [9.17, 15) is 14.7 Å². The standard InChI is InChI=1S/C14H16N4O3/c1-9(15-16-10-7-5-4-6-8-10)11-12(19)17(2)14(21)18(3)13(11)20/h4-9,19H,1-3H3. The molecule has 1 aromatic heterocycles. The van der Waals surface area contributed by atoms with E-state index in [1.807, 2.05) is 18.2 Å². The minimum Gasteiger partial charge on any atom is -0.494 e. The van der Waals surface area contributed by atoms with Gasteiger partial charge in [-0.3, -0.25) is 13.9 Å². The van der Waals surface area contributed by atoms with E-state index in [1.54, 1.807) is 19.1 Å². The summed E-state index contributed by atoms with van der Waals surface area (Å²) in [5, 5.41) is 18.1. The van der Waals surface area contributed by atoms with Crippen LogP contribution in [0.1, 0.15) is 18.5 Å². The SMILES string of the molecule is CC(N=Nc1ccccc1)c1c(O)n(C)c(=O)n(C)c1=O. The van der Waals surface area contributed by atoms with Gasteiger partial charge in [-0.2, -0.15) is 10.2 Å². The van der Waals surface area contributed by atoms with Gasteiger partial charge in [0.25, 0.3) is 5.56 Å². The van der Waals surface area contributed by atoms with Crippen LogP contribution in [-0.4, -0.2) is 14.2 Å². The zero-order valence-electron chi connectivity index (χ0n) is 12.0. The summed E-state index contributed by atoms with van der Waals surface area (Å²) < 4.78 is 1.94. The van der Waals surface area contributed by atoms with Gasteiger partial charge in [0.15, 0.2) is 0 Å². The highest BCUT2D eigenvalue weighted by Gasteiger charge is 2.20. The van der Waals surface area contributed by atoms with Crippen LogP contribution in [0.15, 0.2) is 50.1 Å². The third-order valence-electron chi connectivity index (χ3n) is 3.19. The fourth-order valence-corrected chi connectivity index (χ4v) is 1.93. The van der Waals surface area contributed by atoms with E-state index in [0.29, 0.717) is 5.69 Å². The largest absolute Gasteiger partial charge is 0.494 e. The molecule has 0 saturated heterocycles. The molecule has 0 spiro atoms. The van der Waals surface area contributed by atoms with Crippen LogP contribution < -0.4 is 11.2 Å². The van der Waals surface area contributed by atoms with Gasteiger partial charge in [0.1, 0.15) is 11.6 Å². The molecule has 1 heterocycles. The second kappa shape index (κ2) is 5.74. The second-order valence-corrected chi connectivity index (χ2v) is 4.67. The van der Waals surface area contributed by atoms with Crippen LogP contribution in [-0.2, 0) is 14.1 Å². The second-order valence-electron chi connectivity index (χ2n) is 4.67. The van der Waals surface area contributed by atoms with Crippen molar-refractivity contribution in [1.29, 1.82) is 0 Å². The Morgan fingerprint density at radius 2 is 1.71 bits per heavy atom. The molecule has 0 aliphatic heterocycles. The Labute approximate surface area is 120 Å². The lowest BCUT2D eigenvalue weighted by atomic mass is 10.2. The molecule has 1 unspecified atom stereocenters. The van der Waals surface area contributed by atoms with Crippen molar-refractivity contribution in [3.05, 3.63) is 56.7 Å². The summed E-state index contributed by atoms with van der Waals surface area (Å²) in [6.45, 7) is 1.63. The molecule has 1 aromatic carbocycles. The van der Waals surface area contributed by atoms with Crippen LogP contribution in [0, 0.1) is 0 Å². The van der Waals surface area contributed by atoms with Crippen LogP contribution in [0.3, 0.4) is 0 Å². The molecule has 0 aliphatic rings. The predicted octanol–water partition coefficient (Wildman–Crippen LogP) is 1.63. The Kier molecular flexibility index (Phi) is 4.02. The van der Waals surface area contributed by atoms with Crippen LogP contribution >= 0.6 is 0 Å². The molecule has 0 radical (unpaired) electrons. The summed E-state index contributed by atoms with van der Waals surface area (Å²) in [6.07, 6.45) is 0. The highest BCUT2D eigenvalue weighted by atomic mass is 16.3. The van der Waals surface area contributed by atoms with E-state index in [1.165, 1.54) is 14.1 Å². The van der Waals surface area contributed by atoms with Crippen molar-refractivity contribution in [3.8, 4) is 5.88 Å². The normalized spacial score (nSPS) is 12.7. The van der Waals surface area contributed by atoms with E-state index in [4.69, 9.17) is 0 Å². The fraction of sp³-hybridized carbons (Fsp3) is 0.286.